The van der Waals surface area contributed by atoms with E-state index in [4.69, 9.17) is 5.73 Å². The molecule has 25 heavy (non-hydrogen) atoms. The van der Waals surface area contributed by atoms with Crippen molar-refractivity contribution >= 4 is 12.4 Å². The zero-order valence-corrected chi connectivity index (χ0v) is 14.7. The number of nitrogens with zero attached hydrogens (tertiary/aromatic N) is 2. The molecule has 138 valence electrons. The molecule has 0 saturated carbocycles. The minimum atomic E-state index is -4.32. The highest BCUT2D eigenvalue weighted by Crippen LogP contribution is 2.32. The van der Waals surface area contributed by atoms with Crippen molar-refractivity contribution in [3.63, 3.8) is 0 Å². The number of aromatic nitrogens is 2. The molecule has 2 unspecified atom stereocenters. The summed E-state index contributed by atoms with van der Waals surface area (Å²) >= 11 is 0. The van der Waals surface area contributed by atoms with Crippen molar-refractivity contribution in [2.75, 3.05) is 13.1 Å². The highest BCUT2D eigenvalue weighted by molar-refractivity contribution is 5.85. The van der Waals surface area contributed by atoms with E-state index in [1.165, 1.54) is 12.1 Å². The van der Waals surface area contributed by atoms with Gasteiger partial charge in [-0.3, -0.25) is 10.00 Å². The monoisotopic (exact) mass is 374 g/mol. The Morgan fingerprint density at radius 3 is 2.52 bits per heavy atom. The summed E-state index contributed by atoms with van der Waals surface area (Å²) in [5, 5.41) is 6.99. The number of alkyl halides is 3. The number of H-pyrrole nitrogens is 1. The number of aromatic amines is 1. The highest BCUT2D eigenvalue weighted by atomic mass is 35.5. The number of hydrogen-bond acceptors (Lipinski definition) is 3. The van der Waals surface area contributed by atoms with Crippen LogP contribution in [-0.4, -0.2) is 34.2 Å². The quantitative estimate of drug-likeness (QED) is 0.858. The molecule has 0 spiro atoms. The molecule has 2 heterocycles. The molecule has 0 amide bonds. The normalized spacial score (nSPS) is 21.3. The van der Waals surface area contributed by atoms with Gasteiger partial charge in [-0.15, -0.1) is 12.4 Å². The summed E-state index contributed by atoms with van der Waals surface area (Å²) in [5.74, 6) is 0.501. The van der Waals surface area contributed by atoms with E-state index in [0.717, 1.165) is 36.4 Å². The van der Waals surface area contributed by atoms with Gasteiger partial charge in [0.05, 0.1) is 17.5 Å². The Labute approximate surface area is 151 Å². The van der Waals surface area contributed by atoms with E-state index < -0.39 is 11.7 Å². The second-order valence-corrected chi connectivity index (χ2v) is 6.46. The largest absolute Gasteiger partial charge is 0.416 e. The third-order valence-corrected chi connectivity index (χ3v) is 4.72. The van der Waals surface area contributed by atoms with Crippen molar-refractivity contribution in [2.24, 2.45) is 11.7 Å². The van der Waals surface area contributed by atoms with E-state index in [9.17, 15) is 13.2 Å². The standard InChI is InChI=1S/C17H21F3N4.ClH/c1-11-6-12(7-21)9-24(11)10-14-8-22-23-16(14)13-2-4-15(5-3-13)17(18,19)20;/h2-5,8,11-12H,6-7,9-10,21H2,1H3,(H,22,23);1H. The zero-order chi connectivity index (χ0) is 17.3. The predicted molar refractivity (Wildman–Crippen MR) is 93.3 cm³/mol. The van der Waals surface area contributed by atoms with E-state index in [-0.39, 0.29) is 12.4 Å². The second kappa shape index (κ2) is 7.76. The summed E-state index contributed by atoms with van der Waals surface area (Å²) in [6.45, 7) is 4.51. The van der Waals surface area contributed by atoms with Crippen molar-refractivity contribution in [3.8, 4) is 11.3 Å². The van der Waals surface area contributed by atoms with E-state index >= 15 is 0 Å². The lowest BCUT2D eigenvalue weighted by molar-refractivity contribution is -0.137. The molecule has 1 saturated heterocycles. The molecular formula is C17H22ClF3N4. The minimum absolute atomic E-state index is 0. The lowest BCUT2D eigenvalue weighted by Crippen LogP contribution is -2.27. The lowest BCUT2D eigenvalue weighted by atomic mass is 10.1. The first kappa shape index (κ1) is 19.8. The molecule has 2 aromatic rings. The van der Waals surface area contributed by atoms with Crippen molar-refractivity contribution < 1.29 is 13.2 Å². The molecule has 0 radical (unpaired) electrons. The van der Waals surface area contributed by atoms with Gasteiger partial charge in [0.1, 0.15) is 0 Å². The van der Waals surface area contributed by atoms with Gasteiger partial charge in [0.2, 0.25) is 0 Å². The van der Waals surface area contributed by atoms with Gasteiger partial charge in [0.15, 0.2) is 0 Å². The molecule has 1 aromatic heterocycles. The highest BCUT2D eigenvalue weighted by Gasteiger charge is 2.31. The fourth-order valence-electron chi connectivity index (χ4n) is 3.33. The number of hydrogen-bond donors (Lipinski definition) is 2. The van der Waals surface area contributed by atoms with Gasteiger partial charge >= 0.3 is 6.18 Å². The summed E-state index contributed by atoms with van der Waals surface area (Å²) in [4.78, 5) is 2.34. The van der Waals surface area contributed by atoms with Crippen LogP contribution < -0.4 is 5.73 Å². The smallest absolute Gasteiger partial charge is 0.330 e. The fourth-order valence-corrected chi connectivity index (χ4v) is 3.33. The average Bonchev–Trinajstić information content (AvgIpc) is 3.14. The van der Waals surface area contributed by atoms with Gasteiger partial charge in [-0.25, -0.2) is 0 Å². The fraction of sp³-hybridized carbons (Fsp3) is 0.471. The van der Waals surface area contributed by atoms with Gasteiger partial charge in [0.25, 0.3) is 0 Å². The third-order valence-electron chi connectivity index (χ3n) is 4.72. The first-order valence-electron chi connectivity index (χ1n) is 8.02. The van der Waals surface area contributed by atoms with Gasteiger partial charge in [-0.2, -0.15) is 18.3 Å². The predicted octanol–water partition coefficient (Wildman–Crippen LogP) is 3.69. The number of nitrogens with one attached hydrogen (secondary N) is 1. The summed E-state index contributed by atoms with van der Waals surface area (Å²) in [7, 11) is 0. The Kier molecular flexibility index (Phi) is 6.13. The van der Waals surface area contributed by atoms with Crippen molar-refractivity contribution in [1.82, 2.24) is 15.1 Å². The van der Waals surface area contributed by atoms with Crippen molar-refractivity contribution in [3.05, 3.63) is 41.6 Å². The summed E-state index contributed by atoms with van der Waals surface area (Å²) in [6.07, 6.45) is -1.50. The molecular weight excluding hydrogens is 353 g/mol. The Bertz CT molecular complexity index is 684. The third kappa shape index (κ3) is 4.34. The zero-order valence-electron chi connectivity index (χ0n) is 13.9. The molecule has 1 aliphatic rings. The van der Waals surface area contributed by atoms with Crippen LogP contribution in [0.4, 0.5) is 13.2 Å². The summed E-state index contributed by atoms with van der Waals surface area (Å²) in [5.41, 5.74) is 7.58. The SMILES string of the molecule is CC1CC(CN)CN1Cc1cn[nH]c1-c1ccc(C(F)(F)F)cc1.Cl. The van der Waals surface area contributed by atoms with Crippen LogP contribution in [0.15, 0.2) is 30.5 Å². The summed E-state index contributed by atoms with van der Waals surface area (Å²) in [6, 6.07) is 5.60. The van der Waals surface area contributed by atoms with E-state index in [1.807, 2.05) is 0 Å². The average molecular weight is 375 g/mol. The maximum Gasteiger partial charge on any atom is 0.416 e. The minimum Gasteiger partial charge on any atom is -0.330 e. The number of halogens is 4. The number of likely N-dealkylation sites (tertiary alicyclic amines) is 1. The van der Waals surface area contributed by atoms with Crippen molar-refractivity contribution in [2.45, 2.75) is 32.1 Å². The number of rotatable bonds is 4. The Balaban J connectivity index is 0.00000225. The Morgan fingerprint density at radius 2 is 1.96 bits per heavy atom. The van der Waals surface area contributed by atoms with Gasteiger partial charge < -0.3 is 5.73 Å². The first-order chi connectivity index (χ1) is 11.4. The maximum atomic E-state index is 12.7. The van der Waals surface area contributed by atoms with Crippen LogP contribution in [0.2, 0.25) is 0 Å². The van der Waals surface area contributed by atoms with Crippen LogP contribution in [0.3, 0.4) is 0 Å². The molecule has 1 fully saturated rings. The topological polar surface area (TPSA) is 57.9 Å². The molecule has 1 aliphatic heterocycles. The first-order valence-corrected chi connectivity index (χ1v) is 8.02. The second-order valence-electron chi connectivity index (χ2n) is 6.46. The van der Waals surface area contributed by atoms with Gasteiger partial charge in [-0.1, -0.05) is 12.1 Å². The van der Waals surface area contributed by atoms with Crippen LogP contribution in [0, 0.1) is 5.92 Å². The van der Waals surface area contributed by atoms with Crippen LogP contribution in [-0.2, 0) is 12.7 Å². The molecule has 0 aliphatic carbocycles. The molecule has 0 bridgehead atoms. The summed E-state index contributed by atoms with van der Waals surface area (Å²) < 4.78 is 38.1. The number of nitrogens with two attached hydrogens (primary N) is 1. The molecule has 3 rings (SSSR count). The number of benzene rings is 1. The van der Waals surface area contributed by atoms with E-state index in [2.05, 4.69) is 22.0 Å². The van der Waals surface area contributed by atoms with Gasteiger partial charge in [-0.05, 0) is 43.5 Å². The maximum absolute atomic E-state index is 12.7. The van der Waals surface area contributed by atoms with Crippen molar-refractivity contribution in [1.29, 1.82) is 0 Å². The lowest BCUT2D eigenvalue weighted by Gasteiger charge is -2.21. The van der Waals surface area contributed by atoms with Crippen LogP contribution in [0.25, 0.3) is 11.3 Å². The Hall–Kier alpha value is -1.57. The molecule has 8 heteroatoms. The van der Waals surface area contributed by atoms with Crippen LogP contribution >= 0.6 is 12.4 Å². The van der Waals surface area contributed by atoms with E-state index in [1.54, 1.807) is 6.20 Å². The van der Waals surface area contributed by atoms with Crippen LogP contribution in [0.5, 0.6) is 0 Å². The molecule has 2 atom stereocenters. The Morgan fingerprint density at radius 1 is 1.28 bits per heavy atom. The molecule has 4 nitrogen and oxygen atoms in total. The molecule has 1 aromatic carbocycles. The molecule has 3 N–H and O–H groups in total. The van der Waals surface area contributed by atoms with Gasteiger partial charge in [0, 0.05) is 24.7 Å². The van der Waals surface area contributed by atoms with E-state index in [0.29, 0.717) is 30.6 Å². The van der Waals surface area contributed by atoms with Crippen LogP contribution in [0.1, 0.15) is 24.5 Å².